The van der Waals surface area contributed by atoms with E-state index in [4.69, 9.17) is 11.6 Å². The molecule has 3 aromatic rings. The van der Waals surface area contributed by atoms with Crippen LogP contribution in [0.4, 0.5) is 0 Å². The van der Waals surface area contributed by atoms with E-state index in [1.165, 1.54) is 0 Å². The second-order valence-corrected chi connectivity index (χ2v) is 3.88. The second kappa shape index (κ2) is 3.61. The lowest BCUT2D eigenvalue weighted by atomic mass is 10.1. The third-order valence-corrected chi connectivity index (χ3v) is 2.62. The Morgan fingerprint density at radius 2 is 2.31 bits per heavy atom. The first-order chi connectivity index (χ1) is 7.83. The van der Waals surface area contributed by atoms with Crippen LogP contribution < -0.4 is 0 Å². The van der Waals surface area contributed by atoms with Crippen LogP contribution in [0.5, 0.6) is 0 Å². The number of hydrogen-bond acceptors (Lipinski definition) is 3. The van der Waals surface area contributed by atoms with Crippen LogP contribution >= 0.6 is 11.6 Å². The van der Waals surface area contributed by atoms with Gasteiger partial charge in [-0.1, -0.05) is 11.6 Å². The van der Waals surface area contributed by atoms with Crippen molar-refractivity contribution in [2.45, 2.75) is 6.42 Å². The normalized spacial score (nSPS) is 11.1. The molecule has 0 saturated carbocycles. The van der Waals surface area contributed by atoms with Crippen LogP contribution in [0, 0.1) is 6.20 Å². The van der Waals surface area contributed by atoms with Gasteiger partial charge in [0.15, 0.2) is 5.82 Å². The van der Waals surface area contributed by atoms with E-state index >= 15 is 0 Å². The highest BCUT2D eigenvalue weighted by atomic mass is 35.5. The molecule has 16 heavy (non-hydrogen) atoms. The quantitative estimate of drug-likeness (QED) is 0.707. The third-order valence-electron chi connectivity index (χ3n) is 2.39. The predicted molar refractivity (Wildman–Crippen MR) is 59.1 cm³/mol. The smallest absolute Gasteiger partial charge is 0.152 e. The molecule has 1 aromatic carbocycles. The van der Waals surface area contributed by atoms with Crippen molar-refractivity contribution in [2.24, 2.45) is 0 Å². The van der Waals surface area contributed by atoms with Gasteiger partial charge in [0.25, 0.3) is 0 Å². The minimum absolute atomic E-state index is 0.605. The maximum Gasteiger partial charge on any atom is 0.152 e. The highest BCUT2D eigenvalue weighted by molar-refractivity contribution is 6.31. The average Bonchev–Trinajstić information content (AvgIpc) is 2.90. The molecule has 0 saturated heterocycles. The molecule has 0 aliphatic rings. The summed E-state index contributed by atoms with van der Waals surface area (Å²) in [6.07, 6.45) is 3.68. The van der Waals surface area contributed by atoms with Crippen molar-refractivity contribution in [3.05, 3.63) is 40.8 Å². The molecule has 1 radical (unpaired) electrons. The summed E-state index contributed by atoms with van der Waals surface area (Å²) in [5.74, 6) is 0.706. The number of H-pyrrole nitrogens is 2. The number of rotatable bonds is 2. The van der Waals surface area contributed by atoms with Gasteiger partial charge in [0.2, 0.25) is 0 Å². The molecule has 0 fully saturated rings. The first-order valence-electron chi connectivity index (χ1n) is 4.73. The highest BCUT2D eigenvalue weighted by Gasteiger charge is 2.07. The molecule has 5 nitrogen and oxygen atoms in total. The predicted octanol–water partition coefficient (Wildman–Crippen LogP) is 1.73. The second-order valence-electron chi connectivity index (χ2n) is 3.44. The average molecular weight is 233 g/mol. The van der Waals surface area contributed by atoms with Crippen molar-refractivity contribution in [1.29, 1.82) is 0 Å². The lowest BCUT2D eigenvalue weighted by Gasteiger charge is -1.95. The van der Waals surface area contributed by atoms with Gasteiger partial charge in [0.1, 0.15) is 0 Å². The summed E-state index contributed by atoms with van der Waals surface area (Å²) in [6.45, 7) is 0. The molecule has 0 unspecified atom stereocenters. The van der Waals surface area contributed by atoms with Crippen LogP contribution in [-0.4, -0.2) is 25.6 Å². The van der Waals surface area contributed by atoms with Gasteiger partial charge in [0, 0.05) is 22.3 Å². The Morgan fingerprint density at radius 3 is 3.12 bits per heavy atom. The van der Waals surface area contributed by atoms with Crippen LogP contribution in [0.3, 0.4) is 0 Å². The van der Waals surface area contributed by atoms with Gasteiger partial charge < -0.3 is 4.98 Å². The fourth-order valence-corrected chi connectivity index (χ4v) is 1.82. The maximum atomic E-state index is 5.95. The molecule has 0 spiro atoms. The van der Waals surface area contributed by atoms with Crippen molar-refractivity contribution < 1.29 is 0 Å². The summed E-state index contributed by atoms with van der Waals surface area (Å²) < 4.78 is 0. The van der Waals surface area contributed by atoms with Crippen molar-refractivity contribution in [2.75, 3.05) is 0 Å². The Hall–Kier alpha value is -1.88. The van der Waals surface area contributed by atoms with E-state index in [0.29, 0.717) is 17.3 Å². The zero-order chi connectivity index (χ0) is 11.0. The van der Waals surface area contributed by atoms with E-state index < -0.39 is 0 Å². The van der Waals surface area contributed by atoms with Crippen LogP contribution in [0.15, 0.2) is 18.2 Å². The summed E-state index contributed by atoms with van der Waals surface area (Å²) in [6, 6.07) is 5.67. The number of nitrogens with one attached hydrogen (secondary N) is 2. The number of nitrogens with zero attached hydrogens (tertiary/aromatic N) is 3. The minimum Gasteiger partial charge on any atom is -0.353 e. The fraction of sp³-hybridized carbons (Fsp3) is 0.100. The molecular weight excluding hydrogens is 226 g/mol. The maximum absolute atomic E-state index is 5.95. The van der Waals surface area contributed by atoms with Gasteiger partial charge in [-0.05, 0) is 34.2 Å². The van der Waals surface area contributed by atoms with E-state index in [-0.39, 0.29) is 0 Å². The van der Waals surface area contributed by atoms with Crippen molar-refractivity contribution >= 4 is 22.5 Å². The van der Waals surface area contributed by atoms with E-state index in [0.717, 1.165) is 16.5 Å². The summed E-state index contributed by atoms with van der Waals surface area (Å²) in [5, 5.41) is 15.4. The van der Waals surface area contributed by atoms with Crippen molar-refractivity contribution in [1.82, 2.24) is 25.6 Å². The number of halogens is 1. The van der Waals surface area contributed by atoms with Crippen LogP contribution in [0.1, 0.15) is 11.4 Å². The Morgan fingerprint density at radius 1 is 1.38 bits per heavy atom. The monoisotopic (exact) mass is 232 g/mol. The molecule has 3 rings (SSSR count). The van der Waals surface area contributed by atoms with Crippen LogP contribution in [0.25, 0.3) is 10.9 Å². The number of fused-ring (bicyclic) bond motifs is 1. The van der Waals surface area contributed by atoms with Gasteiger partial charge in [-0.2, -0.15) is 0 Å². The number of hydrogen-bond donors (Lipinski definition) is 2. The molecule has 2 N–H and O–H groups in total. The Labute approximate surface area is 95.8 Å². The van der Waals surface area contributed by atoms with Crippen LogP contribution in [0.2, 0.25) is 5.02 Å². The van der Waals surface area contributed by atoms with Crippen molar-refractivity contribution in [3.63, 3.8) is 0 Å². The Balaban J connectivity index is 2.07. The highest BCUT2D eigenvalue weighted by Crippen LogP contribution is 2.23. The number of aromatic amines is 2. The molecule has 0 aliphatic heterocycles. The summed E-state index contributed by atoms with van der Waals surface area (Å²) in [5.41, 5.74) is 2.00. The standard InChI is InChI=1S/C10H7ClN5/c11-7-1-2-9-8(4-7)6(5-12-9)3-10-13-15-16-14-10/h1-2,4,12H,3H2,(H,13,14,15,16). The lowest BCUT2D eigenvalue weighted by Crippen LogP contribution is -1.89. The van der Waals surface area contributed by atoms with E-state index in [9.17, 15) is 0 Å². The first kappa shape index (κ1) is 9.35. The summed E-state index contributed by atoms with van der Waals surface area (Å²) >= 11 is 5.95. The summed E-state index contributed by atoms with van der Waals surface area (Å²) in [4.78, 5) is 3.06. The van der Waals surface area contributed by atoms with Gasteiger partial charge in [-0.15, -0.1) is 5.10 Å². The van der Waals surface area contributed by atoms with Gasteiger partial charge in [-0.25, -0.2) is 5.10 Å². The molecule has 0 amide bonds. The summed E-state index contributed by atoms with van der Waals surface area (Å²) in [7, 11) is 0. The molecular formula is C10H7ClN5. The Bertz CT molecular complexity index is 613. The van der Waals surface area contributed by atoms with Gasteiger partial charge >= 0.3 is 0 Å². The molecule has 6 heteroatoms. The number of tetrazole rings is 1. The number of aromatic nitrogens is 5. The SMILES string of the molecule is Clc1ccc2[nH][c]c(Cc3nnn[nH]3)c2c1. The van der Waals surface area contributed by atoms with Gasteiger partial charge in [0.05, 0.1) is 6.20 Å². The van der Waals surface area contributed by atoms with Gasteiger partial charge in [-0.3, -0.25) is 0 Å². The first-order valence-corrected chi connectivity index (χ1v) is 5.11. The fourth-order valence-electron chi connectivity index (χ4n) is 1.65. The lowest BCUT2D eigenvalue weighted by molar-refractivity contribution is 0.881. The van der Waals surface area contributed by atoms with E-state index in [1.54, 1.807) is 0 Å². The van der Waals surface area contributed by atoms with Crippen molar-refractivity contribution in [3.8, 4) is 0 Å². The molecule has 79 valence electrons. The van der Waals surface area contributed by atoms with E-state index in [1.807, 2.05) is 18.2 Å². The molecule has 0 atom stereocenters. The zero-order valence-corrected chi connectivity index (χ0v) is 8.91. The minimum atomic E-state index is 0.605. The molecule has 0 aliphatic carbocycles. The largest absolute Gasteiger partial charge is 0.353 e. The van der Waals surface area contributed by atoms with Crippen LogP contribution in [-0.2, 0) is 6.42 Å². The van der Waals surface area contributed by atoms with E-state index in [2.05, 4.69) is 31.8 Å². The third kappa shape index (κ3) is 1.55. The zero-order valence-electron chi connectivity index (χ0n) is 8.16. The molecule has 2 heterocycles. The molecule has 2 aromatic heterocycles. The molecule has 0 bridgehead atoms. The number of benzene rings is 1. The Kier molecular flexibility index (Phi) is 2.11. The topological polar surface area (TPSA) is 70.2 Å².